The monoisotopic (exact) mass is 330 g/mol. The minimum Gasteiger partial charge on any atom is -0.353 e. The van der Waals surface area contributed by atoms with Crippen molar-refractivity contribution in [3.63, 3.8) is 0 Å². The molecule has 2 heterocycles. The molecule has 0 aliphatic carbocycles. The van der Waals surface area contributed by atoms with E-state index >= 15 is 0 Å². The lowest BCUT2D eigenvalue weighted by atomic mass is 10.1. The molecule has 25 heavy (non-hydrogen) atoms. The van der Waals surface area contributed by atoms with Crippen molar-refractivity contribution < 1.29 is 0 Å². The van der Waals surface area contributed by atoms with Gasteiger partial charge in [0.15, 0.2) is 0 Å². The average molecular weight is 330 g/mol. The van der Waals surface area contributed by atoms with Gasteiger partial charge in [0, 0.05) is 35.9 Å². The maximum absolute atomic E-state index is 9.02. The summed E-state index contributed by atoms with van der Waals surface area (Å²) in [6, 6.07) is 16.2. The standard InChI is InChI=1S/C19H18N6/c20-5-6-22-11-13-2-4-16-14(7-13)9-18(23-16)19-15-3-1-12(10-21)8-17(15)24-25-19/h1-4,7-9,22-23H,5-6,11,20H2,(H,24,25). The van der Waals surface area contributed by atoms with Crippen molar-refractivity contribution >= 4 is 21.8 Å². The molecule has 0 unspecified atom stereocenters. The highest BCUT2D eigenvalue weighted by Crippen LogP contribution is 2.29. The van der Waals surface area contributed by atoms with Gasteiger partial charge in [0.05, 0.1) is 22.8 Å². The van der Waals surface area contributed by atoms with Crippen LogP contribution in [0, 0.1) is 11.3 Å². The lowest BCUT2D eigenvalue weighted by Gasteiger charge is -2.02. The summed E-state index contributed by atoms with van der Waals surface area (Å²) in [5, 5.41) is 21.9. The van der Waals surface area contributed by atoms with Gasteiger partial charge in [0.2, 0.25) is 0 Å². The van der Waals surface area contributed by atoms with E-state index in [0.29, 0.717) is 12.1 Å². The first-order valence-electron chi connectivity index (χ1n) is 8.19. The minimum atomic E-state index is 0.619. The van der Waals surface area contributed by atoms with E-state index in [1.807, 2.05) is 18.2 Å². The van der Waals surface area contributed by atoms with Gasteiger partial charge in [-0.2, -0.15) is 10.4 Å². The topological polar surface area (TPSA) is 106 Å². The van der Waals surface area contributed by atoms with Crippen LogP contribution in [0.4, 0.5) is 0 Å². The number of aromatic nitrogens is 3. The van der Waals surface area contributed by atoms with Gasteiger partial charge in [-0.15, -0.1) is 0 Å². The van der Waals surface area contributed by atoms with E-state index in [9.17, 15) is 0 Å². The Hall–Kier alpha value is -3.14. The van der Waals surface area contributed by atoms with Crippen LogP contribution in [-0.2, 0) is 6.54 Å². The molecule has 5 N–H and O–H groups in total. The Balaban J connectivity index is 1.71. The average Bonchev–Trinajstić information content (AvgIpc) is 3.24. The number of nitrogens with one attached hydrogen (secondary N) is 3. The Kier molecular flexibility index (Phi) is 3.94. The second-order valence-corrected chi connectivity index (χ2v) is 6.01. The van der Waals surface area contributed by atoms with Crippen LogP contribution in [-0.4, -0.2) is 28.3 Å². The maximum atomic E-state index is 9.02. The smallest absolute Gasteiger partial charge is 0.116 e. The Morgan fingerprint density at radius 3 is 2.88 bits per heavy atom. The molecular weight excluding hydrogens is 312 g/mol. The molecule has 0 saturated carbocycles. The molecule has 4 aromatic rings. The Morgan fingerprint density at radius 2 is 2.04 bits per heavy atom. The van der Waals surface area contributed by atoms with Crippen LogP contribution in [0.5, 0.6) is 0 Å². The van der Waals surface area contributed by atoms with E-state index in [4.69, 9.17) is 11.0 Å². The molecule has 6 nitrogen and oxygen atoms in total. The summed E-state index contributed by atoms with van der Waals surface area (Å²) in [4.78, 5) is 3.43. The Morgan fingerprint density at radius 1 is 1.12 bits per heavy atom. The molecule has 0 bridgehead atoms. The van der Waals surface area contributed by atoms with E-state index in [2.05, 4.69) is 50.8 Å². The van der Waals surface area contributed by atoms with E-state index < -0.39 is 0 Å². The first-order valence-corrected chi connectivity index (χ1v) is 8.19. The maximum Gasteiger partial charge on any atom is 0.116 e. The van der Waals surface area contributed by atoms with Crippen LogP contribution in [0.15, 0.2) is 42.5 Å². The fraction of sp³-hybridized carbons (Fsp3) is 0.158. The molecule has 124 valence electrons. The van der Waals surface area contributed by atoms with E-state index in [1.165, 1.54) is 5.56 Å². The second kappa shape index (κ2) is 6.40. The molecule has 2 aromatic heterocycles. The summed E-state index contributed by atoms with van der Waals surface area (Å²) in [5.74, 6) is 0. The fourth-order valence-electron chi connectivity index (χ4n) is 3.05. The van der Waals surface area contributed by atoms with E-state index in [1.54, 1.807) is 0 Å². The molecule has 6 heteroatoms. The largest absolute Gasteiger partial charge is 0.353 e. The molecule has 0 radical (unpaired) electrons. The van der Waals surface area contributed by atoms with Crippen LogP contribution in [0.3, 0.4) is 0 Å². The molecular formula is C19H18N6. The van der Waals surface area contributed by atoms with Crippen molar-refractivity contribution in [2.45, 2.75) is 6.54 Å². The number of aromatic amines is 2. The van der Waals surface area contributed by atoms with Gasteiger partial charge >= 0.3 is 0 Å². The number of hydrogen-bond donors (Lipinski definition) is 4. The number of fused-ring (bicyclic) bond motifs is 2. The van der Waals surface area contributed by atoms with Gasteiger partial charge in [0.1, 0.15) is 5.69 Å². The van der Waals surface area contributed by atoms with Gasteiger partial charge in [0.25, 0.3) is 0 Å². The third kappa shape index (κ3) is 2.87. The van der Waals surface area contributed by atoms with Crippen LogP contribution in [0.2, 0.25) is 0 Å². The van der Waals surface area contributed by atoms with Gasteiger partial charge in [-0.25, -0.2) is 0 Å². The molecule has 0 aliphatic heterocycles. The summed E-state index contributed by atoms with van der Waals surface area (Å²) in [6.07, 6.45) is 0. The zero-order valence-corrected chi connectivity index (χ0v) is 13.6. The summed E-state index contributed by atoms with van der Waals surface area (Å²) in [5.41, 5.74) is 11.1. The van der Waals surface area contributed by atoms with Crippen LogP contribution in [0.1, 0.15) is 11.1 Å². The molecule has 4 rings (SSSR count). The van der Waals surface area contributed by atoms with E-state index in [-0.39, 0.29) is 0 Å². The first-order chi connectivity index (χ1) is 12.3. The van der Waals surface area contributed by atoms with Crippen LogP contribution in [0.25, 0.3) is 33.2 Å². The summed E-state index contributed by atoms with van der Waals surface area (Å²) < 4.78 is 0. The zero-order chi connectivity index (χ0) is 17.2. The highest BCUT2D eigenvalue weighted by Gasteiger charge is 2.11. The predicted octanol–water partition coefficient (Wildman–Crippen LogP) is 2.63. The number of hydrogen-bond acceptors (Lipinski definition) is 4. The molecule has 0 saturated heterocycles. The molecule has 0 atom stereocenters. The van der Waals surface area contributed by atoms with Crippen LogP contribution >= 0.6 is 0 Å². The number of rotatable bonds is 5. The van der Waals surface area contributed by atoms with Crippen molar-refractivity contribution in [3.05, 3.63) is 53.6 Å². The molecule has 0 spiro atoms. The quantitative estimate of drug-likeness (QED) is 0.422. The first kappa shape index (κ1) is 15.4. The van der Waals surface area contributed by atoms with Gasteiger partial charge < -0.3 is 16.0 Å². The number of benzene rings is 2. The third-order valence-electron chi connectivity index (χ3n) is 4.28. The summed E-state index contributed by atoms with van der Waals surface area (Å²) >= 11 is 0. The number of nitrogens with two attached hydrogens (primary N) is 1. The molecule has 0 fully saturated rings. The normalized spacial score (nSPS) is 11.2. The molecule has 0 amide bonds. The van der Waals surface area contributed by atoms with Gasteiger partial charge in [-0.1, -0.05) is 6.07 Å². The number of nitriles is 1. The Bertz CT molecular complexity index is 1080. The highest BCUT2D eigenvalue weighted by molar-refractivity contribution is 5.96. The number of nitrogens with zero attached hydrogens (tertiary/aromatic N) is 2. The predicted molar refractivity (Wildman–Crippen MR) is 98.9 cm³/mol. The third-order valence-corrected chi connectivity index (χ3v) is 4.28. The van der Waals surface area contributed by atoms with Gasteiger partial charge in [-0.3, -0.25) is 5.10 Å². The summed E-state index contributed by atoms with van der Waals surface area (Å²) in [7, 11) is 0. The minimum absolute atomic E-state index is 0.619. The highest BCUT2D eigenvalue weighted by atomic mass is 15.1. The lowest BCUT2D eigenvalue weighted by Crippen LogP contribution is -2.21. The van der Waals surface area contributed by atoms with Crippen molar-refractivity contribution in [2.75, 3.05) is 13.1 Å². The SMILES string of the molecule is N#Cc1ccc2c(-c3cc4cc(CNCCN)ccc4[nH]3)n[nH]c2c1. The molecule has 2 aromatic carbocycles. The second-order valence-electron chi connectivity index (χ2n) is 6.01. The lowest BCUT2D eigenvalue weighted by molar-refractivity contribution is 0.695. The van der Waals surface area contributed by atoms with Crippen molar-refractivity contribution in [1.82, 2.24) is 20.5 Å². The van der Waals surface area contributed by atoms with Crippen molar-refractivity contribution in [3.8, 4) is 17.5 Å². The van der Waals surface area contributed by atoms with Gasteiger partial charge in [-0.05, 0) is 42.0 Å². The Labute approximate surface area is 144 Å². The fourth-order valence-corrected chi connectivity index (χ4v) is 3.05. The number of H-pyrrole nitrogens is 2. The summed E-state index contributed by atoms with van der Waals surface area (Å²) in [6.45, 7) is 2.24. The van der Waals surface area contributed by atoms with Crippen molar-refractivity contribution in [1.29, 1.82) is 5.26 Å². The van der Waals surface area contributed by atoms with Crippen LogP contribution < -0.4 is 11.1 Å². The molecule has 0 aliphatic rings. The van der Waals surface area contributed by atoms with E-state index in [0.717, 1.165) is 46.3 Å². The van der Waals surface area contributed by atoms with Crippen molar-refractivity contribution in [2.24, 2.45) is 5.73 Å². The zero-order valence-electron chi connectivity index (χ0n) is 13.6.